The number of hydrogen-bond donors (Lipinski definition) is 2. The van der Waals surface area contributed by atoms with Crippen molar-refractivity contribution in [3.05, 3.63) is 17.3 Å². The molecular weight excluding hydrogens is 254 g/mol. The van der Waals surface area contributed by atoms with Gasteiger partial charge in [0.25, 0.3) is 0 Å². The largest absolute Gasteiger partial charge is 0.396 e. The van der Waals surface area contributed by atoms with Crippen molar-refractivity contribution < 1.29 is 0 Å². The summed E-state index contributed by atoms with van der Waals surface area (Å²) in [5, 5.41) is 3.81. The number of thioether (sulfide) groups is 1. The zero-order valence-corrected chi connectivity index (χ0v) is 11.8. The third kappa shape index (κ3) is 6.03. The molecule has 3 nitrogen and oxygen atoms in total. The van der Waals surface area contributed by atoms with E-state index in [0.29, 0.717) is 10.7 Å². The number of nitrogens with zero attached hydrogens (tertiary/aromatic N) is 1. The normalized spacial score (nSPS) is 10.5. The molecule has 0 aliphatic carbocycles. The molecule has 0 aliphatic rings. The maximum Gasteiger partial charge on any atom is 0.149 e. The van der Waals surface area contributed by atoms with E-state index in [2.05, 4.69) is 16.6 Å². The molecule has 96 valence electrons. The van der Waals surface area contributed by atoms with Gasteiger partial charge in [-0.3, -0.25) is 0 Å². The lowest BCUT2D eigenvalue weighted by Crippen LogP contribution is -2.06. The highest BCUT2D eigenvalue weighted by molar-refractivity contribution is 7.98. The average molecular weight is 274 g/mol. The second kappa shape index (κ2) is 8.48. The lowest BCUT2D eigenvalue weighted by atomic mass is 10.2. The maximum atomic E-state index is 5.79. The fraction of sp³-hybridized carbons (Fsp3) is 0.583. The topological polar surface area (TPSA) is 50.9 Å². The Morgan fingerprint density at radius 3 is 2.82 bits per heavy atom. The van der Waals surface area contributed by atoms with Crippen molar-refractivity contribution in [2.45, 2.75) is 25.7 Å². The Hall–Kier alpha value is -0.610. The van der Waals surface area contributed by atoms with E-state index in [-0.39, 0.29) is 0 Å². The summed E-state index contributed by atoms with van der Waals surface area (Å²) < 4.78 is 0. The SMILES string of the molecule is CSCCCCCCNc1ncc(Cl)cc1N. The lowest BCUT2D eigenvalue weighted by molar-refractivity contribution is 0.688. The molecule has 17 heavy (non-hydrogen) atoms. The van der Waals surface area contributed by atoms with Gasteiger partial charge in [-0.15, -0.1) is 0 Å². The van der Waals surface area contributed by atoms with E-state index in [1.807, 2.05) is 11.8 Å². The van der Waals surface area contributed by atoms with Crippen molar-refractivity contribution in [1.29, 1.82) is 0 Å². The molecule has 1 heterocycles. The van der Waals surface area contributed by atoms with Crippen LogP contribution in [0.3, 0.4) is 0 Å². The first kappa shape index (κ1) is 14.5. The monoisotopic (exact) mass is 273 g/mol. The van der Waals surface area contributed by atoms with E-state index in [9.17, 15) is 0 Å². The van der Waals surface area contributed by atoms with Crippen LogP contribution in [0.15, 0.2) is 12.3 Å². The van der Waals surface area contributed by atoms with Crippen molar-refractivity contribution in [2.75, 3.05) is 29.6 Å². The highest BCUT2D eigenvalue weighted by atomic mass is 35.5. The molecule has 1 aromatic heterocycles. The Labute approximate surface area is 113 Å². The van der Waals surface area contributed by atoms with Crippen LogP contribution in [0.2, 0.25) is 5.02 Å². The number of halogens is 1. The fourth-order valence-corrected chi connectivity index (χ4v) is 2.19. The summed E-state index contributed by atoms with van der Waals surface area (Å²) in [6.45, 7) is 0.915. The van der Waals surface area contributed by atoms with Crippen molar-refractivity contribution in [1.82, 2.24) is 4.98 Å². The van der Waals surface area contributed by atoms with Gasteiger partial charge in [-0.25, -0.2) is 4.98 Å². The van der Waals surface area contributed by atoms with E-state index < -0.39 is 0 Å². The minimum absolute atomic E-state index is 0.574. The molecule has 0 aromatic carbocycles. The predicted octanol–water partition coefficient (Wildman–Crippen LogP) is 3.65. The van der Waals surface area contributed by atoms with Gasteiger partial charge in [0.2, 0.25) is 0 Å². The quantitative estimate of drug-likeness (QED) is 0.710. The molecule has 0 unspecified atom stereocenters. The first-order valence-electron chi connectivity index (χ1n) is 5.88. The zero-order chi connectivity index (χ0) is 12.5. The number of rotatable bonds is 8. The third-order valence-electron chi connectivity index (χ3n) is 2.45. The minimum atomic E-state index is 0.574. The van der Waals surface area contributed by atoms with Gasteiger partial charge in [-0.05, 0) is 30.9 Å². The summed E-state index contributed by atoms with van der Waals surface area (Å²) in [6.07, 6.45) is 8.77. The van der Waals surface area contributed by atoms with Gasteiger partial charge >= 0.3 is 0 Å². The molecule has 0 fully saturated rings. The molecule has 3 N–H and O–H groups in total. The Kier molecular flexibility index (Phi) is 7.21. The highest BCUT2D eigenvalue weighted by Crippen LogP contribution is 2.19. The molecular formula is C12H20ClN3S. The molecule has 1 aromatic rings. The summed E-state index contributed by atoms with van der Waals surface area (Å²) >= 11 is 7.69. The van der Waals surface area contributed by atoms with Crippen LogP contribution in [0, 0.1) is 0 Å². The van der Waals surface area contributed by atoms with Crippen molar-refractivity contribution in [2.24, 2.45) is 0 Å². The van der Waals surface area contributed by atoms with Crippen LogP contribution in [0.25, 0.3) is 0 Å². The van der Waals surface area contributed by atoms with Gasteiger partial charge in [0, 0.05) is 12.7 Å². The van der Waals surface area contributed by atoms with Crippen molar-refractivity contribution >= 4 is 34.9 Å². The number of hydrogen-bond acceptors (Lipinski definition) is 4. The van der Waals surface area contributed by atoms with E-state index in [0.717, 1.165) is 18.8 Å². The molecule has 0 amide bonds. The number of unbranched alkanes of at least 4 members (excludes halogenated alkanes) is 3. The molecule has 0 bridgehead atoms. The Balaban J connectivity index is 2.14. The van der Waals surface area contributed by atoms with Crippen LogP contribution in [0.1, 0.15) is 25.7 Å². The summed E-state index contributed by atoms with van der Waals surface area (Å²) in [5.74, 6) is 2.00. The van der Waals surface area contributed by atoms with Crippen LogP contribution in [-0.2, 0) is 0 Å². The smallest absolute Gasteiger partial charge is 0.149 e. The predicted molar refractivity (Wildman–Crippen MR) is 79.0 cm³/mol. The molecule has 1 rings (SSSR count). The molecule has 0 saturated carbocycles. The third-order valence-corrected chi connectivity index (χ3v) is 3.36. The standard InChI is InChI=1S/C12H20ClN3S/c1-17-7-5-3-2-4-6-15-12-11(14)8-10(13)9-16-12/h8-9H,2-7,14H2,1H3,(H,15,16). The van der Waals surface area contributed by atoms with Crippen LogP contribution in [0.4, 0.5) is 11.5 Å². The first-order valence-corrected chi connectivity index (χ1v) is 7.65. The Morgan fingerprint density at radius 1 is 1.35 bits per heavy atom. The van der Waals surface area contributed by atoms with Crippen molar-refractivity contribution in [3.63, 3.8) is 0 Å². The van der Waals surface area contributed by atoms with E-state index >= 15 is 0 Å². The summed E-state index contributed by atoms with van der Waals surface area (Å²) in [5.41, 5.74) is 6.40. The van der Waals surface area contributed by atoms with Gasteiger partial charge in [0.15, 0.2) is 0 Å². The van der Waals surface area contributed by atoms with Gasteiger partial charge < -0.3 is 11.1 Å². The van der Waals surface area contributed by atoms with Gasteiger partial charge in [0.1, 0.15) is 5.82 Å². The first-order chi connectivity index (χ1) is 8.24. The zero-order valence-electron chi connectivity index (χ0n) is 10.2. The van der Waals surface area contributed by atoms with E-state index in [1.165, 1.54) is 25.0 Å². The number of aromatic nitrogens is 1. The average Bonchev–Trinajstić information content (AvgIpc) is 2.30. The van der Waals surface area contributed by atoms with Gasteiger partial charge in [-0.2, -0.15) is 11.8 Å². The van der Waals surface area contributed by atoms with Crippen LogP contribution in [0.5, 0.6) is 0 Å². The Morgan fingerprint density at radius 2 is 2.12 bits per heavy atom. The van der Waals surface area contributed by atoms with Crippen LogP contribution < -0.4 is 11.1 Å². The summed E-state index contributed by atoms with van der Waals surface area (Å²) in [6, 6.07) is 1.72. The maximum absolute atomic E-state index is 5.79. The molecule has 0 radical (unpaired) electrons. The second-order valence-corrected chi connectivity index (χ2v) is 5.35. The lowest BCUT2D eigenvalue weighted by Gasteiger charge is -2.08. The Bertz CT molecular complexity index is 334. The second-order valence-electron chi connectivity index (χ2n) is 3.93. The summed E-state index contributed by atoms with van der Waals surface area (Å²) in [7, 11) is 0. The van der Waals surface area contributed by atoms with Crippen molar-refractivity contribution in [3.8, 4) is 0 Å². The van der Waals surface area contributed by atoms with Crippen LogP contribution >= 0.6 is 23.4 Å². The highest BCUT2D eigenvalue weighted by Gasteiger charge is 2.00. The van der Waals surface area contributed by atoms with E-state index in [4.69, 9.17) is 17.3 Å². The molecule has 0 saturated heterocycles. The van der Waals surface area contributed by atoms with Gasteiger partial charge in [0.05, 0.1) is 10.7 Å². The molecule has 0 atom stereocenters. The molecule has 0 aliphatic heterocycles. The number of nitrogens with one attached hydrogen (secondary N) is 1. The number of pyridine rings is 1. The number of nitrogen functional groups attached to an aromatic ring is 1. The molecule has 0 spiro atoms. The number of nitrogens with two attached hydrogens (primary N) is 1. The fourth-order valence-electron chi connectivity index (χ4n) is 1.53. The van der Waals surface area contributed by atoms with E-state index in [1.54, 1.807) is 12.3 Å². The van der Waals surface area contributed by atoms with Gasteiger partial charge in [-0.1, -0.05) is 24.4 Å². The molecule has 5 heteroatoms. The van der Waals surface area contributed by atoms with Crippen LogP contribution in [-0.4, -0.2) is 23.5 Å². The minimum Gasteiger partial charge on any atom is -0.396 e. The number of anilines is 2. The summed E-state index contributed by atoms with van der Waals surface area (Å²) in [4.78, 5) is 4.15.